The van der Waals surface area contributed by atoms with Crippen molar-refractivity contribution < 1.29 is 19.1 Å². The second kappa shape index (κ2) is 15.7. The molecule has 0 saturated carbocycles. The Morgan fingerprint density at radius 3 is 2.30 bits per heavy atom. The normalized spacial score (nSPS) is 11.7. The van der Waals surface area contributed by atoms with Gasteiger partial charge in [-0.15, -0.1) is 23.1 Å². The molecule has 0 bridgehead atoms. The number of aryl methyl sites for hydroxylation is 1. The van der Waals surface area contributed by atoms with Gasteiger partial charge in [0.2, 0.25) is 5.91 Å². The molecule has 0 saturated heterocycles. The molecule has 0 aliphatic rings. The fourth-order valence-electron chi connectivity index (χ4n) is 4.23. The van der Waals surface area contributed by atoms with Crippen LogP contribution < -0.4 is 20.7 Å². The van der Waals surface area contributed by atoms with E-state index >= 15 is 0 Å². The Hall–Kier alpha value is -5.19. The van der Waals surface area contributed by atoms with E-state index in [4.69, 9.17) is 4.74 Å². The van der Waals surface area contributed by atoms with Crippen molar-refractivity contribution in [3.05, 3.63) is 143 Å². The van der Waals surface area contributed by atoms with E-state index in [9.17, 15) is 14.4 Å². The van der Waals surface area contributed by atoms with Crippen LogP contribution in [0.1, 0.15) is 34.1 Å². The van der Waals surface area contributed by atoms with Gasteiger partial charge >= 0.3 is 0 Å². The summed E-state index contributed by atoms with van der Waals surface area (Å²) in [6, 6.07) is 33.0. The number of benzene rings is 4. The smallest absolute Gasteiger partial charge is 0.272 e. The van der Waals surface area contributed by atoms with Gasteiger partial charge < -0.3 is 20.7 Å². The molecule has 0 spiro atoms. The van der Waals surface area contributed by atoms with Crippen molar-refractivity contribution in [2.75, 3.05) is 10.6 Å². The molecule has 1 unspecified atom stereocenters. The number of thiazole rings is 1. The Labute approximate surface area is 275 Å². The van der Waals surface area contributed by atoms with E-state index in [0.29, 0.717) is 34.3 Å². The van der Waals surface area contributed by atoms with Crippen LogP contribution in [-0.4, -0.2) is 28.0 Å². The standard InChI is InChI=1S/C36H32N4O4S2/c1-24-23-45-36(37-24)40-33(41)25(2)46-31-15-9-14-29(21-31)38-35(43)32(39-34(42)28-12-7-4-8-13-28)20-26-16-18-30(19-17-26)44-22-27-10-5-3-6-11-27/h3-21,23,25H,22H2,1-2H3,(H,38,43)(H,39,42)(H,37,40,41)/b32-20-. The Balaban J connectivity index is 1.28. The van der Waals surface area contributed by atoms with Gasteiger partial charge in [0.1, 0.15) is 18.1 Å². The first-order valence-corrected chi connectivity index (χ1v) is 16.2. The summed E-state index contributed by atoms with van der Waals surface area (Å²) in [6.45, 7) is 4.11. The van der Waals surface area contributed by atoms with E-state index < -0.39 is 17.1 Å². The van der Waals surface area contributed by atoms with E-state index in [1.807, 2.05) is 86.0 Å². The minimum absolute atomic E-state index is 0.0661. The molecule has 232 valence electrons. The van der Waals surface area contributed by atoms with E-state index in [2.05, 4.69) is 20.9 Å². The summed E-state index contributed by atoms with van der Waals surface area (Å²) in [5.41, 5.74) is 3.61. The van der Waals surface area contributed by atoms with E-state index in [0.717, 1.165) is 16.2 Å². The van der Waals surface area contributed by atoms with Gasteiger partial charge in [-0.1, -0.05) is 66.7 Å². The zero-order chi connectivity index (χ0) is 32.3. The number of ether oxygens (including phenoxy) is 1. The topological polar surface area (TPSA) is 109 Å². The number of nitrogens with zero attached hydrogens (tertiary/aromatic N) is 1. The fourth-order valence-corrected chi connectivity index (χ4v) is 5.85. The molecule has 0 aliphatic carbocycles. The molecule has 0 fully saturated rings. The van der Waals surface area contributed by atoms with Crippen LogP contribution >= 0.6 is 23.1 Å². The highest BCUT2D eigenvalue weighted by Crippen LogP contribution is 2.27. The molecule has 46 heavy (non-hydrogen) atoms. The third kappa shape index (κ3) is 9.40. The van der Waals surface area contributed by atoms with Gasteiger partial charge in [0, 0.05) is 21.5 Å². The van der Waals surface area contributed by atoms with Crippen molar-refractivity contribution >= 4 is 57.7 Å². The van der Waals surface area contributed by atoms with Crippen LogP contribution in [0.2, 0.25) is 0 Å². The lowest BCUT2D eigenvalue weighted by atomic mass is 10.1. The molecule has 8 nitrogen and oxygen atoms in total. The average molecular weight is 649 g/mol. The highest BCUT2D eigenvalue weighted by molar-refractivity contribution is 8.00. The largest absolute Gasteiger partial charge is 0.489 e. The number of carbonyl (C=O) groups excluding carboxylic acids is 3. The second-order valence-electron chi connectivity index (χ2n) is 10.2. The quantitative estimate of drug-likeness (QED) is 0.0952. The minimum Gasteiger partial charge on any atom is -0.489 e. The number of rotatable bonds is 12. The Morgan fingerprint density at radius 2 is 1.61 bits per heavy atom. The third-order valence-corrected chi connectivity index (χ3v) is 8.56. The Bertz CT molecular complexity index is 1820. The zero-order valence-corrected chi connectivity index (χ0v) is 26.9. The van der Waals surface area contributed by atoms with Crippen LogP contribution in [0.3, 0.4) is 0 Å². The van der Waals surface area contributed by atoms with Gasteiger partial charge in [0.25, 0.3) is 11.8 Å². The van der Waals surface area contributed by atoms with E-state index in [-0.39, 0.29) is 11.6 Å². The molecule has 1 atom stereocenters. The number of nitrogens with one attached hydrogen (secondary N) is 3. The van der Waals surface area contributed by atoms with Gasteiger partial charge in [-0.3, -0.25) is 14.4 Å². The molecule has 4 aromatic carbocycles. The molecule has 5 rings (SSSR count). The van der Waals surface area contributed by atoms with Crippen molar-refractivity contribution in [2.24, 2.45) is 0 Å². The summed E-state index contributed by atoms with van der Waals surface area (Å²) in [5.74, 6) is -0.399. The lowest BCUT2D eigenvalue weighted by Crippen LogP contribution is -2.30. The number of thioether (sulfide) groups is 1. The molecule has 10 heteroatoms. The molecule has 5 aromatic rings. The molecule has 1 heterocycles. The lowest BCUT2D eigenvalue weighted by molar-refractivity contribution is -0.115. The maximum Gasteiger partial charge on any atom is 0.272 e. The molecule has 3 N–H and O–H groups in total. The summed E-state index contributed by atoms with van der Waals surface area (Å²) < 4.78 is 5.89. The van der Waals surface area contributed by atoms with Gasteiger partial charge in [0.05, 0.1) is 10.9 Å². The minimum atomic E-state index is -0.499. The molecular formula is C36H32N4O4S2. The maximum atomic E-state index is 13.6. The summed E-state index contributed by atoms with van der Waals surface area (Å²) in [4.78, 5) is 44.4. The SMILES string of the molecule is Cc1csc(NC(=O)C(C)Sc2cccc(NC(=O)/C(=C/c3ccc(OCc4ccccc4)cc3)NC(=O)c3ccccc3)c2)n1. The Kier molecular flexibility index (Phi) is 11.0. The number of hydrogen-bond donors (Lipinski definition) is 3. The van der Waals surface area contributed by atoms with Crippen molar-refractivity contribution in [3.8, 4) is 5.75 Å². The molecule has 3 amide bonds. The molecule has 0 aliphatic heterocycles. The molecule has 0 radical (unpaired) electrons. The summed E-state index contributed by atoms with van der Waals surface area (Å²) in [5, 5.41) is 10.5. The first-order valence-electron chi connectivity index (χ1n) is 14.5. The first kappa shape index (κ1) is 32.2. The van der Waals surface area contributed by atoms with Crippen molar-refractivity contribution in [1.82, 2.24) is 10.3 Å². The van der Waals surface area contributed by atoms with Crippen molar-refractivity contribution in [3.63, 3.8) is 0 Å². The van der Waals surface area contributed by atoms with Crippen molar-refractivity contribution in [2.45, 2.75) is 30.6 Å². The predicted molar refractivity (Wildman–Crippen MR) is 185 cm³/mol. The number of aromatic nitrogens is 1. The maximum absolute atomic E-state index is 13.6. The summed E-state index contributed by atoms with van der Waals surface area (Å²) in [6.07, 6.45) is 1.61. The van der Waals surface area contributed by atoms with Gasteiger partial charge in [0.15, 0.2) is 5.13 Å². The monoisotopic (exact) mass is 648 g/mol. The van der Waals surface area contributed by atoms with Crippen LogP contribution in [0.4, 0.5) is 10.8 Å². The van der Waals surface area contributed by atoms with Crippen LogP contribution in [-0.2, 0) is 16.2 Å². The second-order valence-corrected chi connectivity index (χ2v) is 12.5. The van der Waals surface area contributed by atoms with Crippen LogP contribution in [0.15, 0.2) is 125 Å². The highest BCUT2D eigenvalue weighted by atomic mass is 32.2. The molecule has 1 aromatic heterocycles. The van der Waals surface area contributed by atoms with E-state index in [1.165, 1.54) is 23.1 Å². The average Bonchev–Trinajstić information content (AvgIpc) is 3.49. The predicted octanol–water partition coefficient (Wildman–Crippen LogP) is 7.56. The number of amides is 3. The van der Waals surface area contributed by atoms with Crippen molar-refractivity contribution in [1.29, 1.82) is 0 Å². The van der Waals surface area contributed by atoms with Crippen LogP contribution in [0.25, 0.3) is 6.08 Å². The fraction of sp³-hybridized carbons (Fsp3) is 0.111. The number of anilines is 2. The summed E-state index contributed by atoms with van der Waals surface area (Å²) in [7, 11) is 0. The van der Waals surface area contributed by atoms with Crippen LogP contribution in [0, 0.1) is 6.92 Å². The number of hydrogen-bond acceptors (Lipinski definition) is 7. The molecular weight excluding hydrogens is 617 g/mol. The summed E-state index contributed by atoms with van der Waals surface area (Å²) >= 11 is 2.74. The van der Waals surface area contributed by atoms with Gasteiger partial charge in [-0.25, -0.2) is 4.98 Å². The third-order valence-electron chi connectivity index (χ3n) is 6.59. The van der Waals surface area contributed by atoms with E-state index in [1.54, 1.807) is 48.5 Å². The zero-order valence-electron chi connectivity index (χ0n) is 25.2. The van der Waals surface area contributed by atoms with Gasteiger partial charge in [-0.2, -0.15) is 0 Å². The Morgan fingerprint density at radius 1 is 0.891 bits per heavy atom. The lowest BCUT2D eigenvalue weighted by Gasteiger charge is -2.14. The first-order chi connectivity index (χ1) is 22.3. The number of carbonyl (C=O) groups is 3. The van der Waals surface area contributed by atoms with Crippen LogP contribution in [0.5, 0.6) is 5.75 Å². The van der Waals surface area contributed by atoms with Gasteiger partial charge in [-0.05, 0) is 73.5 Å². The highest BCUT2D eigenvalue weighted by Gasteiger charge is 2.18.